The summed E-state index contributed by atoms with van der Waals surface area (Å²) in [5.74, 6) is 1.02. The molecule has 0 aliphatic heterocycles. The summed E-state index contributed by atoms with van der Waals surface area (Å²) in [5, 5.41) is 0.219. The van der Waals surface area contributed by atoms with Gasteiger partial charge in [0.05, 0.1) is 6.61 Å². The van der Waals surface area contributed by atoms with Crippen LogP contribution in [0, 0.1) is 5.92 Å². The highest BCUT2D eigenvalue weighted by molar-refractivity contribution is 6.28. The Hall–Kier alpha value is -0.830. The van der Waals surface area contributed by atoms with E-state index in [2.05, 4.69) is 23.8 Å². The Labute approximate surface area is 76.7 Å². The predicted octanol–water partition coefficient (Wildman–Crippen LogP) is 2.16. The Balaban J connectivity index is 2.52. The van der Waals surface area contributed by atoms with Gasteiger partial charge in [-0.3, -0.25) is 0 Å². The van der Waals surface area contributed by atoms with Crippen molar-refractivity contribution in [2.75, 3.05) is 6.61 Å². The molecule has 4 heteroatoms. The van der Waals surface area contributed by atoms with Crippen LogP contribution in [0.5, 0.6) is 5.88 Å². The van der Waals surface area contributed by atoms with Crippen molar-refractivity contribution in [1.82, 2.24) is 9.97 Å². The van der Waals surface area contributed by atoms with E-state index in [4.69, 9.17) is 16.3 Å². The van der Waals surface area contributed by atoms with Gasteiger partial charge in [0, 0.05) is 12.3 Å². The second-order valence-corrected chi connectivity index (χ2v) is 3.21. The molecule has 0 N–H and O–H groups in total. The first kappa shape index (κ1) is 9.26. The Morgan fingerprint density at radius 3 is 2.92 bits per heavy atom. The Morgan fingerprint density at radius 2 is 2.33 bits per heavy atom. The molecule has 1 aromatic rings. The van der Waals surface area contributed by atoms with E-state index < -0.39 is 0 Å². The van der Waals surface area contributed by atoms with Crippen molar-refractivity contribution in [3.05, 3.63) is 17.5 Å². The smallest absolute Gasteiger partial charge is 0.225 e. The fourth-order valence-electron chi connectivity index (χ4n) is 0.652. The number of hydrogen-bond donors (Lipinski definition) is 0. The molecule has 0 radical (unpaired) electrons. The summed E-state index contributed by atoms with van der Waals surface area (Å²) in [7, 11) is 0. The van der Waals surface area contributed by atoms with E-state index in [1.165, 1.54) is 0 Å². The number of hydrogen-bond acceptors (Lipinski definition) is 3. The highest BCUT2D eigenvalue weighted by Gasteiger charge is 1.98. The number of nitrogens with zero attached hydrogens (tertiary/aromatic N) is 2. The second kappa shape index (κ2) is 4.26. The molecule has 0 atom stereocenters. The molecule has 0 aromatic carbocycles. The van der Waals surface area contributed by atoms with Crippen molar-refractivity contribution in [3.8, 4) is 5.88 Å². The Bertz CT molecular complexity index is 253. The average Bonchev–Trinajstić information content (AvgIpc) is 2.01. The second-order valence-electron chi connectivity index (χ2n) is 2.87. The average molecular weight is 187 g/mol. The van der Waals surface area contributed by atoms with Crippen LogP contribution in [0.3, 0.4) is 0 Å². The van der Waals surface area contributed by atoms with Gasteiger partial charge in [-0.15, -0.1) is 0 Å². The third-order valence-electron chi connectivity index (χ3n) is 1.17. The molecule has 0 bridgehead atoms. The summed E-state index contributed by atoms with van der Waals surface area (Å²) in [5.41, 5.74) is 0. The molecule has 0 amide bonds. The first-order valence-electron chi connectivity index (χ1n) is 3.80. The van der Waals surface area contributed by atoms with Crippen LogP contribution in [0.15, 0.2) is 12.3 Å². The van der Waals surface area contributed by atoms with Gasteiger partial charge in [0.2, 0.25) is 11.2 Å². The third-order valence-corrected chi connectivity index (χ3v) is 1.35. The molecular weight excluding hydrogens is 176 g/mol. The van der Waals surface area contributed by atoms with Crippen LogP contribution in [-0.2, 0) is 0 Å². The fraction of sp³-hybridized carbons (Fsp3) is 0.500. The van der Waals surface area contributed by atoms with Crippen molar-refractivity contribution >= 4 is 11.6 Å². The van der Waals surface area contributed by atoms with Gasteiger partial charge in [-0.25, -0.2) is 4.98 Å². The lowest BCUT2D eigenvalue weighted by Crippen LogP contribution is -2.05. The first-order chi connectivity index (χ1) is 5.68. The highest BCUT2D eigenvalue weighted by atomic mass is 35.5. The minimum atomic E-state index is 0.219. The molecule has 1 aromatic heterocycles. The van der Waals surface area contributed by atoms with Gasteiger partial charge in [-0.05, 0) is 17.5 Å². The van der Waals surface area contributed by atoms with E-state index >= 15 is 0 Å². The quantitative estimate of drug-likeness (QED) is 0.679. The van der Waals surface area contributed by atoms with E-state index in [1.54, 1.807) is 12.3 Å². The molecule has 0 fully saturated rings. The maximum atomic E-state index is 5.56. The van der Waals surface area contributed by atoms with E-state index in [-0.39, 0.29) is 5.28 Å². The van der Waals surface area contributed by atoms with Gasteiger partial charge in [0.25, 0.3) is 0 Å². The van der Waals surface area contributed by atoms with Gasteiger partial charge in [-0.2, -0.15) is 4.98 Å². The number of halogens is 1. The van der Waals surface area contributed by atoms with E-state index in [1.807, 2.05) is 0 Å². The Morgan fingerprint density at radius 1 is 1.58 bits per heavy atom. The molecule has 1 rings (SSSR count). The van der Waals surface area contributed by atoms with Crippen molar-refractivity contribution in [2.24, 2.45) is 5.92 Å². The van der Waals surface area contributed by atoms with Crippen molar-refractivity contribution in [2.45, 2.75) is 13.8 Å². The molecule has 0 spiro atoms. The molecule has 12 heavy (non-hydrogen) atoms. The van der Waals surface area contributed by atoms with Crippen LogP contribution in [0.25, 0.3) is 0 Å². The molecule has 66 valence electrons. The van der Waals surface area contributed by atoms with E-state index in [0.717, 1.165) is 0 Å². The summed E-state index contributed by atoms with van der Waals surface area (Å²) in [6.45, 7) is 4.79. The highest BCUT2D eigenvalue weighted by Crippen LogP contribution is 2.09. The topological polar surface area (TPSA) is 35.0 Å². The van der Waals surface area contributed by atoms with Crippen LogP contribution in [0.2, 0.25) is 5.28 Å². The van der Waals surface area contributed by atoms with E-state index in [0.29, 0.717) is 18.4 Å². The lowest BCUT2D eigenvalue weighted by molar-refractivity contribution is 0.261. The van der Waals surface area contributed by atoms with Gasteiger partial charge >= 0.3 is 0 Å². The summed E-state index contributed by atoms with van der Waals surface area (Å²) in [6.07, 6.45) is 1.57. The zero-order valence-electron chi connectivity index (χ0n) is 7.12. The molecule has 0 aliphatic carbocycles. The molecule has 1 heterocycles. The predicted molar refractivity (Wildman–Crippen MR) is 47.4 cm³/mol. The molecule has 0 saturated heterocycles. The van der Waals surface area contributed by atoms with Crippen LogP contribution in [0.4, 0.5) is 0 Å². The van der Waals surface area contributed by atoms with Gasteiger partial charge < -0.3 is 4.74 Å². The molecule has 0 aliphatic rings. The van der Waals surface area contributed by atoms with Crippen LogP contribution in [0.1, 0.15) is 13.8 Å². The monoisotopic (exact) mass is 186 g/mol. The number of rotatable bonds is 3. The zero-order chi connectivity index (χ0) is 8.97. The molecule has 0 saturated carbocycles. The summed E-state index contributed by atoms with van der Waals surface area (Å²) in [6, 6.07) is 1.69. The van der Waals surface area contributed by atoms with Crippen LogP contribution in [-0.4, -0.2) is 16.6 Å². The van der Waals surface area contributed by atoms with Crippen LogP contribution >= 0.6 is 11.6 Å². The largest absolute Gasteiger partial charge is 0.477 e. The minimum Gasteiger partial charge on any atom is -0.477 e. The van der Waals surface area contributed by atoms with Crippen molar-refractivity contribution in [1.29, 1.82) is 0 Å². The molecule has 0 unspecified atom stereocenters. The normalized spacial score (nSPS) is 10.3. The van der Waals surface area contributed by atoms with Gasteiger partial charge in [0.15, 0.2) is 0 Å². The van der Waals surface area contributed by atoms with Gasteiger partial charge in [0.1, 0.15) is 0 Å². The lowest BCUT2D eigenvalue weighted by Gasteiger charge is -2.06. The summed E-state index contributed by atoms with van der Waals surface area (Å²) in [4.78, 5) is 7.62. The molecular formula is C8H11ClN2O. The SMILES string of the molecule is CC(C)COc1ccnc(Cl)n1. The maximum Gasteiger partial charge on any atom is 0.225 e. The fourth-order valence-corrected chi connectivity index (χ4v) is 0.792. The van der Waals surface area contributed by atoms with Gasteiger partial charge in [-0.1, -0.05) is 13.8 Å². The summed E-state index contributed by atoms with van der Waals surface area (Å²) < 4.78 is 5.31. The van der Waals surface area contributed by atoms with E-state index in [9.17, 15) is 0 Å². The van der Waals surface area contributed by atoms with Crippen molar-refractivity contribution < 1.29 is 4.74 Å². The maximum absolute atomic E-state index is 5.56. The first-order valence-corrected chi connectivity index (χ1v) is 4.17. The van der Waals surface area contributed by atoms with Crippen LogP contribution < -0.4 is 4.74 Å². The lowest BCUT2D eigenvalue weighted by atomic mass is 10.2. The third kappa shape index (κ3) is 3.05. The number of aromatic nitrogens is 2. The number of ether oxygens (including phenoxy) is 1. The molecule has 3 nitrogen and oxygen atoms in total. The van der Waals surface area contributed by atoms with Crippen molar-refractivity contribution in [3.63, 3.8) is 0 Å². The Kier molecular flexibility index (Phi) is 3.29. The summed E-state index contributed by atoms with van der Waals surface area (Å²) >= 11 is 5.56. The zero-order valence-corrected chi connectivity index (χ0v) is 7.88. The minimum absolute atomic E-state index is 0.219. The standard InChI is InChI=1S/C8H11ClN2O/c1-6(2)5-12-7-3-4-10-8(9)11-7/h3-4,6H,5H2,1-2H3.